The van der Waals surface area contributed by atoms with Crippen LogP contribution in [0.1, 0.15) is 31.7 Å². The Kier molecular flexibility index (Phi) is 9.80. The van der Waals surface area contributed by atoms with Crippen molar-refractivity contribution in [2.75, 3.05) is 14.2 Å². The highest BCUT2D eigenvalue weighted by Crippen LogP contribution is 2.34. The average molecular weight is 578 g/mol. The fourth-order valence-corrected chi connectivity index (χ4v) is 5.93. The van der Waals surface area contributed by atoms with Crippen LogP contribution in [0.15, 0.2) is 50.2 Å². The van der Waals surface area contributed by atoms with E-state index in [2.05, 4.69) is 41.9 Å². The lowest BCUT2D eigenvalue weighted by atomic mass is 10.1. The Bertz CT molecular complexity index is 998. The summed E-state index contributed by atoms with van der Waals surface area (Å²) in [4.78, 5) is 12.8. The fourth-order valence-electron chi connectivity index (χ4n) is 2.83. The Morgan fingerprint density at radius 2 is 1.74 bits per heavy atom. The molecule has 2 rings (SSSR count). The molecular formula is C21H26Br2N2O5S. The second-order valence-corrected chi connectivity index (χ2v) is 10.2. The van der Waals surface area contributed by atoms with Crippen LogP contribution in [0.4, 0.5) is 0 Å². The summed E-state index contributed by atoms with van der Waals surface area (Å²) in [5, 5.41) is 2.82. The van der Waals surface area contributed by atoms with E-state index in [9.17, 15) is 13.2 Å². The van der Waals surface area contributed by atoms with Crippen LogP contribution < -0.4 is 19.5 Å². The summed E-state index contributed by atoms with van der Waals surface area (Å²) >= 11 is 6.61. The summed E-state index contributed by atoms with van der Waals surface area (Å²) in [6.45, 7) is 2.26. The summed E-state index contributed by atoms with van der Waals surface area (Å²) in [5.74, 6) is 0.713. The topological polar surface area (TPSA) is 93.7 Å². The van der Waals surface area contributed by atoms with Gasteiger partial charge in [-0.15, -0.1) is 0 Å². The van der Waals surface area contributed by atoms with Crippen molar-refractivity contribution in [3.05, 3.63) is 50.9 Å². The maximum absolute atomic E-state index is 13.0. The molecule has 2 aromatic carbocycles. The lowest BCUT2D eigenvalue weighted by molar-refractivity contribution is -0.123. The normalized spacial score (nSPS) is 12.3. The molecule has 0 fully saturated rings. The van der Waals surface area contributed by atoms with E-state index < -0.39 is 16.1 Å². The number of hydrogen-bond acceptors (Lipinski definition) is 5. The minimum Gasteiger partial charge on any atom is -0.497 e. The van der Waals surface area contributed by atoms with Crippen molar-refractivity contribution in [2.24, 2.45) is 0 Å². The minimum atomic E-state index is -3.98. The Morgan fingerprint density at radius 1 is 1.06 bits per heavy atom. The van der Waals surface area contributed by atoms with Crippen molar-refractivity contribution in [2.45, 2.75) is 43.7 Å². The Morgan fingerprint density at radius 3 is 2.32 bits per heavy atom. The molecule has 0 aliphatic rings. The van der Waals surface area contributed by atoms with Gasteiger partial charge in [0.25, 0.3) is 0 Å². The molecular weight excluding hydrogens is 552 g/mol. The number of halogens is 2. The number of sulfonamides is 1. The van der Waals surface area contributed by atoms with E-state index in [0.717, 1.165) is 17.7 Å². The summed E-state index contributed by atoms with van der Waals surface area (Å²) < 4.78 is 40.0. The molecule has 1 amide bonds. The molecule has 0 unspecified atom stereocenters. The van der Waals surface area contributed by atoms with Gasteiger partial charge >= 0.3 is 0 Å². The number of carbonyl (C=O) groups excluding carboxylic acids is 1. The molecule has 2 aromatic rings. The Balaban J connectivity index is 2.18. The van der Waals surface area contributed by atoms with E-state index >= 15 is 0 Å². The summed E-state index contributed by atoms with van der Waals surface area (Å²) in [7, 11) is -0.945. The molecule has 7 nitrogen and oxygen atoms in total. The van der Waals surface area contributed by atoms with Gasteiger partial charge in [-0.1, -0.05) is 31.9 Å². The summed E-state index contributed by atoms with van der Waals surface area (Å²) in [6.07, 6.45) is 1.92. The van der Waals surface area contributed by atoms with Crippen LogP contribution in [-0.2, 0) is 21.4 Å². The molecule has 31 heavy (non-hydrogen) atoms. The van der Waals surface area contributed by atoms with Gasteiger partial charge < -0.3 is 14.8 Å². The van der Waals surface area contributed by atoms with Crippen LogP contribution in [0.25, 0.3) is 0 Å². The molecule has 0 bridgehead atoms. The van der Waals surface area contributed by atoms with E-state index in [4.69, 9.17) is 9.47 Å². The zero-order valence-corrected chi connectivity index (χ0v) is 21.6. The standard InChI is InChI=1S/C21H26Br2N2O5S/c1-4-5-6-18(21(26)24-13-14-7-9-15(29-2)10-8-14)25-31(27,28)20-12-19(30-3)16(22)11-17(20)23/h7-12,18,25H,4-6,13H2,1-3H3,(H,24,26)/t18-/m1/s1. The number of methoxy groups -OCH3 is 2. The zero-order valence-electron chi connectivity index (χ0n) is 17.6. The average Bonchev–Trinajstić information content (AvgIpc) is 2.75. The van der Waals surface area contributed by atoms with E-state index in [1.807, 2.05) is 19.1 Å². The lowest BCUT2D eigenvalue weighted by Gasteiger charge is -2.19. The van der Waals surface area contributed by atoms with Gasteiger partial charge in [-0.3, -0.25) is 4.79 Å². The first-order chi connectivity index (χ1) is 14.7. The van der Waals surface area contributed by atoms with Crippen LogP contribution >= 0.6 is 31.9 Å². The van der Waals surface area contributed by atoms with Gasteiger partial charge in [-0.25, -0.2) is 8.42 Å². The van der Waals surface area contributed by atoms with Gasteiger partial charge in [-0.05, 0) is 62.0 Å². The Labute approximate surface area is 200 Å². The smallest absolute Gasteiger partial charge is 0.242 e. The van der Waals surface area contributed by atoms with Crippen LogP contribution in [0.2, 0.25) is 0 Å². The predicted octanol–water partition coefficient (Wildman–Crippen LogP) is 4.38. The van der Waals surface area contributed by atoms with Crippen LogP contribution in [0.3, 0.4) is 0 Å². The highest BCUT2D eigenvalue weighted by atomic mass is 79.9. The molecule has 170 valence electrons. The van der Waals surface area contributed by atoms with Gasteiger partial charge in [0.15, 0.2) is 0 Å². The number of ether oxygens (including phenoxy) is 2. The number of nitrogens with one attached hydrogen (secondary N) is 2. The maximum Gasteiger partial charge on any atom is 0.242 e. The number of rotatable bonds is 11. The fraction of sp³-hybridized carbons (Fsp3) is 0.381. The first-order valence-electron chi connectivity index (χ1n) is 9.67. The molecule has 0 radical (unpaired) electrons. The largest absolute Gasteiger partial charge is 0.497 e. The highest BCUT2D eigenvalue weighted by molar-refractivity contribution is 9.11. The van der Waals surface area contributed by atoms with E-state index in [1.165, 1.54) is 13.2 Å². The number of amides is 1. The summed E-state index contributed by atoms with van der Waals surface area (Å²) in [5.41, 5.74) is 0.881. The molecule has 2 N–H and O–H groups in total. The lowest BCUT2D eigenvalue weighted by Crippen LogP contribution is -2.46. The third kappa shape index (κ3) is 7.20. The third-order valence-corrected chi connectivity index (χ3v) is 7.63. The van der Waals surface area contributed by atoms with Gasteiger partial charge in [0.1, 0.15) is 17.5 Å². The van der Waals surface area contributed by atoms with Crippen molar-refractivity contribution in [3.8, 4) is 11.5 Å². The second kappa shape index (κ2) is 11.8. The molecule has 0 aliphatic carbocycles. The van der Waals surface area contributed by atoms with Crippen LogP contribution in [0.5, 0.6) is 11.5 Å². The quantitative estimate of drug-likeness (QED) is 0.413. The molecule has 0 aliphatic heterocycles. The molecule has 0 heterocycles. The monoisotopic (exact) mass is 576 g/mol. The van der Waals surface area contributed by atoms with Crippen molar-refractivity contribution >= 4 is 47.8 Å². The van der Waals surface area contributed by atoms with Crippen molar-refractivity contribution < 1.29 is 22.7 Å². The van der Waals surface area contributed by atoms with Crippen molar-refractivity contribution in [3.63, 3.8) is 0 Å². The molecule has 0 aromatic heterocycles. The van der Waals surface area contributed by atoms with Gasteiger partial charge in [-0.2, -0.15) is 4.72 Å². The van der Waals surface area contributed by atoms with E-state index in [-0.39, 0.29) is 17.3 Å². The number of unbranched alkanes of at least 4 members (excludes halogenated alkanes) is 1. The molecule has 0 saturated heterocycles. The van der Waals surface area contributed by atoms with Gasteiger partial charge in [0.05, 0.1) is 23.6 Å². The van der Waals surface area contributed by atoms with Crippen molar-refractivity contribution in [1.82, 2.24) is 10.0 Å². The van der Waals surface area contributed by atoms with Crippen LogP contribution in [0, 0.1) is 0 Å². The Hall–Kier alpha value is -1.62. The zero-order chi connectivity index (χ0) is 23.0. The first-order valence-corrected chi connectivity index (χ1v) is 12.7. The molecule has 1 atom stereocenters. The summed E-state index contributed by atoms with van der Waals surface area (Å²) in [6, 6.07) is 9.39. The second-order valence-electron chi connectivity index (χ2n) is 6.80. The minimum absolute atomic E-state index is 0.00278. The van der Waals surface area contributed by atoms with Gasteiger partial charge in [0, 0.05) is 17.1 Å². The molecule has 10 heteroatoms. The molecule has 0 spiro atoms. The first kappa shape index (κ1) is 25.6. The third-order valence-electron chi connectivity index (χ3n) is 4.58. The van der Waals surface area contributed by atoms with Crippen LogP contribution in [-0.4, -0.2) is 34.6 Å². The highest BCUT2D eigenvalue weighted by Gasteiger charge is 2.27. The maximum atomic E-state index is 13.0. The van der Waals surface area contributed by atoms with Gasteiger partial charge in [0.2, 0.25) is 15.9 Å². The van der Waals surface area contributed by atoms with E-state index in [0.29, 0.717) is 27.5 Å². The molecule has 0 saturated carbocycles. The predicted molar refractivity (Wildman–Crippen MR) is 127 cm³/mol. The van der Waals surface area contributed by atoms with Crippen molar-refractivity contribution in [1.29, 1.82) is 0 Å². The SMILES string of the molecule is CCCC[C@@H](NS(=O)(=O)c1cc(OC)c(Br)cc1Br)C(=O)NCc1ccc(OC)cc1. The van der Waals surface area contributed by atoms with E-state index in [1.54, 1.807) is 25.3 Å². The number of hydrogen-bond donors (Lipinski definition) is 2. The number of carbonyl (C=O) groups is 1. The number of benzene rings is 2.